The summed E-state index contributed by atoms with van der Waals surface area (Å²) in [7, 11) is -3.72. The number of nitrogens with one attached hydrogen (secondary N) is 2. The number of anilines is 2. The van der Waals surface area contributed by atoms with E-state index in [0.717, 1.165) is 5.69 Å². The molecule has 0 spiro atoms. The van der Waals surface area contributed by atoms with E-state index in [9.17, 15) is 8.42 Å². The zero-order chi connectivity index (χ0) is 11.6. The fourth-order valence-electron chi connectivity index (χ4n) is 1.39. The first kappa shape index (κ1) is 11.2. The molecule has 2 rings (SSSR count). The molecule has 7 heteroatoms. The van der Waals surface area contributed by atoms with Gasteiger partial charge in [-0.1, -0.05) is 6.07 Å². The van der Waals surface area contributed by atoms with Gasteiger partial charge in [-0.2, -0.15) is 8.42 Å². The van der Waals surface area contributed by atoms with E-state index in [1.54, 1.807) is 18.2 Å². The summed E-state index contributed by atoms with van der Waals surface area (Å²) in [6.45, 7) is 1.35. The van der Waals surface area contributed by atoms with Crippen LogP contribution in [0.15, 0.2) is 24.3 Å². The monoisotopic (exact) mass is 243 g/mol. The van der Waals surface area contributed by atoms with E-state index < -0.39 is 10.2 Å². The minimum Gasteiger partial charge on any atom is -0.378 e. The highest BCUT2D eigenvalue weighted by atomic mass is 32.2. The molecule has 1 aromatic rings. The van der Waals surface area contributed by atoms with Crippen molar-refractivity contribution in [1.82, 2.24) is 0 Å². The molecule has 0 aromatic heterocycles. The Morgan fingerprint density at radius 2 is 2.00 bits per heavy atom. The van der Waals surface area contributed by atoms with Crippen LogP contribution in [0.2, 0.25) is 0 Å². The zero-order valence-electron chi connectivity index (χ0n) is 8.51. The van der Waals surface area contributed by atoms with Crippen molar-refractivity contribution in [2.75, 3.05) is 23.3 Å². The molecule has 1 aliphatic heterocycles. The lowest BCUT2D eigenvalue weighted by atomic mass is 10.2. The Morgan fingerprint density at radius 1 is 1.31 bits per heavy atom. The number of rotatable bonds is 4. The van der Waals surface area contributed by atoms with Crippen LogP contribution in [0.4, 0.5) is 11.4 Å². The molecular weight excluding hydrogens is 230 g/mol. The van der Waals surface area contributed by atoms with Gasteiger partial charge in [0.25, 0.3) is 10.2 Å². The number of benzene rings is 1. The fourth-order valence-corrected chi connectivity index (χ4v) is 1.85. The largest absolute Gasteiger partial charge is 0.378 e. The molecule has 1 aromatic carbocycles. The van der Waals surface area contributed by atoms with E-state index >= 15 is 0 Å². The van der Waals surface area contributed by atoms with E-state index in [-0.39, 0.29) is 0 Å². The Bertz CT molecular complexity index is 471. The molecule has 16 heavy (non-hydrogen) atoms. The Morgan fingerprint density at radius 3 is 2.56 bits per heavy atom. The van der Waals surface area contributed by atoms with Gasteiger partial charge < -0.3 is 10.1 Å². The maximum absolute atomic E-state index is 10.8. The average molecular weight is 243 g/mol. The Labute approximate surface area is 94.0 Å². The van der Waals surface area contributed by atoms with Gasteiger partial charge in [-0.05, 0) is 18.2 Å². The summed E-state index contributed by atoms with van der Waals surface area (Å²) >= 11 is 0. The van der Waals surface area contributed by atoms with Crippen LogP contribution in [0, 0.1) is 0 Å². The third-order valence-corrected chi connectivity index (χ3v) is 2.65. The summed E-state index contributed by atoms with van der Waals surface area (Å²) in [4.78, 5) is 0. The number of hydrogen-bond acceptors (Lipinski definition) is 4. The van der Waals surface area contributed by atoms with Crippen molar-refractivity contribution in [2.24, 2.45) is 5.14 Å². The van der Waals surface area contributed by atoms with Gasteiger partial charge in [-0.3, -0.25) is 4.72 Å². The molecule has 0 atom stereocenters. The minimum atomic E-state index is -3.72. The predicted molar refractivity (Wildman–Crippen MR) is 61.4 cm³/mol. The number of hydrogen-bond donors (Lipinski definition) is 3. The highest BCUT2D eigenvalue weighted by molar-refractivity contribution is 7.90. The average Bonchev–Trinajstić information content (AvgIpc) is 2.09. The van der Waals surface area contributed by atoms with E-state index in [1.807, 2.05) is 6.07 Å². The topological polar surface area (TPSA) is 93.5 Å². The molecule has 0 radical (unpaired) electrons. The van der Waals surface area contributed by atoms with Crippen LogP contribution < -0.4 is 15.2 Å². The molecule has 0 unspecified atom stereocenters. The standard InChI is InChI=1S/C9H13N3O3S/c10-16(13,14)12-8-3-1-2-7(4-8)11-9-5-15-6-9/h1-4,9,11-12H,5-6H2,(H2,10,13,14). The first-order valence-electron chi connectivity index (χ1n) is 4.78. The fraction of sp³-hybridized carbons (Fsp3) is 0.333. The predicted octanol–water partition coefficient (Wildman–Crippen LogP) is 0.113. The molecule has 1 fully saturated rings. The Balaban J connectivity index is 2.06. The molecular formula is C9H13N3O3S. The summed E-state index contributed by atoms with van der Waals surface area (Å²) in [5.41, 5.74) is 1.27. The quantitative estimate of drug-likeness (QED) is 0.699. The van der Waals surface area contributed by atoms with Crippen molar-refractivity contribution in [2.45, 2.75) is 6.04 Å². The van der Waals surface area contributed by atoms with Gasteiger partial charge in [0.15, 0.2) is 0 Å². The maximum atomic E-state index is 10.8. The third-order valence-electron chi connectivity index (χ3n) is 2.13. The summed E-state index contributed by atoms with van der Waals surface area (Å²) in [5.74, 6) is 0. The van der Waals surface area contributed by atoms with Crippen LogP contribution in [0.5, 0.6) is 0 Å². The number of ether oxygens (including phenoxy) is 1. The van der Waals surface area contributed by atoms with Crippen molar-refractivity contribution in [1.29, 1.82) is 0 Å². The lowest BCUT2D eigenvalue weighted by molar-refractivity contribution is 0.0211. The molecule has 0 bridgehead atoms. The second-order valence-electron chi connectivity index (χ2n) is 3.61. The van der Waals surface area contributed by atoms with Crippen LogP contribution in [0.25, 0.3) is 0 Å². The van der Waals surface area contributed by atoms with Crippen LogP contribution >= 0.6 is 0 Å². The van der Waals surface area contributed by atoms with E-state index in [4.69, 9.17) is 9.88 Å². The van der Waals surface area contributed by atoms with Gasteiger partial charge in [0.2, 0.25) is 0 Å². The van der Waals surface area contributed by atoms with Crippen molar-refractivity contribution >= 4 is 21.6 Å². The van der Waals surface area contributed by atoms with Crippen LogP contribution in [0.1, 0.15) is 0 Å². The van der Waals surface area contributed by atoms with Gasteiger partial charge in [-0.25, -0.2) is 5.14 Å². The lowest BCUT2D eigenvalue weighted by Gasteiger charge is -2.27. The summed E-state index contributed by atoms with van der Waals surface area (Å²) in [6.07, 6.45) is 0. The van der Waals surface area contributed by atoms with Gasteiger partial charge >= 0.3 is 0 Å². The first-order chi connectivity index (χ1) is 7.53. The molecule has 1 heterocycles. The van der Waals surface area contributed by atoms with Crippen LogP contribution in [0.3, 0.4) is 0 Å². The molecule has 0 aliphatic carbocycles. The molecule has 1 aliphatic rings. The van der Waals surface area contributed by atoms with E-state index in [0.29, 0.717) is 24.9 Å². The van der Waals surface area contributed by atoms with Crippen LogP contribution in [-0.4, -0.2) is 27.7 Å². The summed E-state index contributed by atoms with van der Waals surface area (Å²) in [5, 5.41) is 8.08. The molecule has 0 saturated carbocycles. The van der Waals surface area contributed by atoms with Crippen molar-refractivity contribution < 1.29 is 13.2 Å². The summed E-state index contributed by atoms with van der Waals surface area (Å²) < 4.78 is 28.9. The zero-order valence-corrected chi connectivity index (χ0v) is 9.33. The van der Waals surface area contributed by atoms with Gasteiger partial charge in [0, 0.05) is 5.69 Å². The van der Waals surface area contributed by atoms with Gasteiger partial charge in [0.1, 0.15) is 0 Å². The second kappa shape index (κ2) is 4.28. The molecule has 6 nitrogen and oxygen atoms in total. The summed E-state index contributed by atoms with van der Waals surface area (Å²) in [6, 6.07) is 7.21. The van der Waals surface area contributed by atoms with Crippen molar-refractivity contribution in [3.05, 3.63) is 24.3 Å². The highest BCUT2D eigenvalue weighted by Crippen LogP contribution is 2.18. The van der Waals surface area contributed by atoms with Crippen molar-refractivity contribution in [3.63, 3.8) is 0 Å². The SMILES string of the molecule is NS(=O)(=O)Nc1cccc(NC2COC2)c1. The Kier molecular flexibility index (Phi) is 2.99. The van der Waals surface area contributed by atoms with Gasteiger partial charge in [-0.15, -0.1) is 0 Å². The molecule has 0 amide bonds. The van der Waals surface area contributed by atoms with Crippen LogP contribution in [-0.2, 0) is 14.9 Å². The second-order valence-corrected chi connectivity index (χ2v) is 4.90. The molecule has 88 valence electrons. The maximum Gasteiger partial charge on any atom is 0.296 e. The lowest BCUT2D eigenvalue weighted by Crippen LogP contribution is -2.40. The Hall–Kier alpha value is -1.31. The third kappa shape index (κ3) is 3.09. The highest BCUT2D eigenvalue weighted by Gasteiger charge is 2.17. The van der Waals surface area contributed by atoms with Crippen molar-refractivity contribution in [3.8, 4) is 0 Å². The number of nitrogens with two attached hydrogens (primary N) is 1. The van der Waals surface area contributed by atoms with Gasteiger partial charge in [0.05, 0.1) is 24.9 Å². The minimum absolute atomic E-state index is 0.296. The van der Waals surface area contributed by atoms with E-state index in [1.165, 1.54) is 0 Å². The molecule has 4 N–H and O–H groups in total. The first-order valence-corrected chi connectivity index (χ1v) is 6.32. The molecule has 1 saturated heterocycles. The normalized spacial score (nSPS) is 16.6. The smallest absolute Gasteiger partial charge is 0.296 e. The van der Waals surface area contributed by atoms with E-state index in [2.05, 4.69) is 10.0 Å².